The number of nitrogens with one attached hydrogen (secondary N) is 2. The molecule has 0 aliphatic carbocycles. The molecule has 0 aromatic heterocycles. The van der Waals surface area contributed by atoms with E-state index < -0.39 is 38.4 Å². The Morgan fingerprint density at radius 2 is 2.00 bits per heavy atom. The van der Waals surface area contributed by atoms with Crippen molar-refractivity contribution in [1.29, 1.82) is 0 Å². The molecule has 2 amide bonds. The summed E-state index contributed by atoms with van der Waals surface area (Å²) >= 11 is 6.96. The van der Waals surface area contributed by atoms with Gasteiger partial charge in [0.15, 0.2) is 11.2 Å². The molecule has 3 N–H and O–H groups in total. The zero-order valence-corrected chi connectivity index (χ0v) is 22.0. The number of carbonyl (C=O) groups excluding carboxylic acids is 4. The van der Waals surface area contributed by atoms with E-state index in [1.165, 1.54) is 19.1 Å². The van der Waals surface area contributed by atoms with Gasteiger partial charge in [0, 0.05) is 42.6 Å². The Kier molecular flexibility index (Phi) is 11.4. The number of rotatable bonds is 11. The highest BCUT2D eigenvalue weighted by atomic mass is 35.5. The van der Waals surface area contributed by atoms with Crippen molar-refractivity contribution in [1.82, 2.24) is 10.6 Å². The zero-order valence-electron chi connectivity index (χ0n) is 19.6. The highest BCUT2D eigenvalue weighted by Crippen LogP contribution is 2.63. The minimum atomic E-state index is -3.96. The van der Waals surface area contributed by atoms with Gasteiger partial charge in [0.2, 0.25) is 12.7 Å². The third-order valence-corrected chi connectivity index (χ3v) is 7.05. The van der Waals surface area contributed by atoms with Crippen molar-refractivity contribution >= 4 is 54.4 Å². The molecule has 2 atom stereocenters. The molecule has 1 saturated heterocycles. The number of hydrogen-bond donors (Lipinski definition) is 3. The number of ether oxygens (including phenoxy) is 1. The molecule has 1 fully saturated rings. The van der Waals surface area contributed by atoms with Crippen LogP contribution in [-0.2, 0) is 32.7 Å². The van der Waals surface area contributed by atoms with Crippen LogP contribution in [-0.4, -0.2) is 66.1 Å². The van der Waals surface area contributed by atoms with Crippen LogP contribution in [0.5, 0.6) is 0 Å². The number of amides is 2. The first kappa shape index (κ1) is 29.4. The summed E-state index contributed by atoms with van der Waals surface area (Å²) in [5.74, 6) is -1.11. The Hall–Kier alpha value is -1.79. The second-order valence-electron chi connectivity index (χ2n) is 8.14. The third kappa shape index (κ3) is 10.0. The molecule has 0 radical (unpaired) electrons. The molecule has 14 heteroatoms. The predicted molar refractivity (Wildman–Crippen MR) is 130 cm³/mol. The van der Waals surface area contributed by atoms with Gasteiger partial charge < -0.3 is 15.4 Å². The highest BCUT2D eigenvalue weighted by molar-refractivity contribution is 8.13. The molecule has 1 aliphatic rings. The fourth-order valence-electron chi connectivity index (χ4n) is 2.81. The van der Waals surface area contributed by atoms with E-state index in [4.69, 9.17) is 29.9 Å². The second-order valence-corrected chi connectivity index (χ2v) is 11.5. The molecular formula is C21H29ClN2O9PS+. The fraction of sp³-hybridized carbons (Fsp3) is 0.524. The maximum absolute atomic E-state index is 12.7. The molecule has 2 rings (SSSR count). The molecule has 1 aliphatic heterocycles. The third-order valence-electron chi connectivity index (χ3n) is 4.63. The molecule has 1 aromatic carbocycles. The van der Waals surface area contributed by atoms with Gasteiger partial charge in [-0.3, -0.25) is 14.4 Å². The van der Waals surface area contributed by atoms with Crippen molar-refractivity contribution in [2.45, 2.75) is 33.3 Å². The van der Waals surface area contributed by atoms with Crippen molar-refractivity contribution in [3.63, 3.8) is 0 Å². The van der Waals surface area contributed by atoms with Crippen LogP contribution in [0.25, 0.3) is 0 Å². The van der Waals surface area contributed by atoms with Crippen molar-refractivity contribution < 1.29 is 42.4 Å². The topological polar surface area (TPSA) is 149 Å². The normalized spacial score (nSPS) is 21.1. The van der Waals surface area contributed by atoms with Gasteiger partial charge in [0.05, 0.1) is 5.56 Å². The van der Waals surface area contributed by atoms with Gasteiger partial charge in [-0.15, -0.1) is 9.05 Å². The van der Waals surface area contributed by atoms with Gasteiger partial charge in [0.25, 0.3) is 5.91 Å². The van der Waals surface area contributed by atoms with Gasteiger partial charge in [0.1, 0.15) is 6.61 Å². The number of benzene rings is 1. The summed E-state index contributed by atoms with van der Waals surface area (Å²) in [5.41, 5.74) is -0.625. The van der Waals surface area contributed by atoms with E-state index in [1.807, 2.05) is 0 Å². The van der Waals surface area contributed by atoms with Crippen LogP contribution in [0.15, 0.2) is 24.3 Å². The van der Waals surface area contributed by atoms with E-state index >= 15 is 0 Å². The summed E-state index contributed by atoms with van der Waals surface area (Å²) in [6.45, 7) is 4.50. The first-order chi connectivity index (χ1) is 16.4. The van der Waals surface area contributed by atoms with Gasteiger partial charge in [-0.1, -0.05) is 43.3 Å². The summed E-state index contributed by atoms with van der Waals surface area (Å²) in [6.07, 6.45) is -1.12. The zero-order chi connectivity index (χ0) is 26.1. The molecular weight excluding hydrogens is 523 g/mol. The summed E-state index contributed by atoms with van der Waals surface area (Å²) in [6, 6.07) is 6.09. The van der Waals surface area contributed by atoms with E-state index in [1.54, 1.807) is 26.0 Å². The van der Waals surface area contributed by atoms with Gasteiger partial charge in [-0.2, -0.15) is 9.42 Å². The molecule has 1 aromatic rings. The monoisotopic (exact) mass is 551 g/mol. The van der Waals surface area contributed by atoms with Crippen LogP contribution >= 0.6 is 31.5 Å². The van der Waals surface area contributed by atoms with Crippen LogP contribution in [0.1, 0.15) is 37.6 Å². The van der Waals surface area contributed by atoms with Crippen molar-refractivity contribution in [3.05, 3.63) is 34.9 Å². The van der Waals surface area contributed by atoms with Crippen LogP contribution in [0.4, 0.5) is 0 Å². The summed E-state index contributed by atoms with van der Waals surface area (Å²) in [5, 5.41) is 5.57. The molecule has 0 bridgehead atoms. The predicted octanol–water partition coefficient (Wildman–Crippen LogP) is 2.48. The van der Waals surface area contributed by atoms with E-state index in [-0.39, 0.29) is 36.2 Å². The fourth-order valence-corrected chi connectivity index (χ4v) is 5.02. The quantitative estimate of drug-likeness (QED) is 0.162. The maximum Gasteiger partial charge on any atom is 0.576 e. The average molecular weight is 552 g/mol. The summed E-state index contributed by atoms with van der Waals surface area (Å²) in [4.78, 5) is 58.1. The minimum absolute atomic E-state index is 0.0233. The number of esters is 1. The van der Waals surface area contributed by atoms with Gasteiger partial charge >= 0.3 is 14.1 Å². The van der Waals surface area contributed by atoms with Gasteiger partial charge in [-0.05, 0) is 18.2 Å². The number of thioether (sulfide) groups is 1. The first-order valence-corrected chi connectivity index (χ1v) is 13.5. The molecule has 0 spiro atoms. The Labute approximate surface area is 213 Å². The Morgan fingerprint density at radius 1 is 1.26 bits per heavy atom. The van der Waals surface area contributed by atoms with Crippen molar-refractivity contribution in [3.8, 4) is 0 Å². The maximum atomic E-state index is 12.7. The van der Waals surface area contributed by atoms with E-state index in [9.17, 15) is 24.1 Å². The van der Waals surface area contributed by atoms with Crippen LogP contribution in [0.3, 0.4) is 0 Å². The van der Waals surface area contributed by atoms with Gasteiger partial charge in [-0.25, -0.2) is 4.79 Å². The lowest BCUT2D eigenvalue weighted by molar-refractivity contribution is -0.146. The number of carbonyl (C=O) groups is 4. The van der Waals surface area contributed by atoms with Crippen LogP contribution in [0, 0.1) is 5.41 Å². The molecule has 1 heterocycles. The second kappa shape index (κ2) is 13.5. The Bertz CT molecular complexity index is 936. The molecule has 194 valence electrons. The van der Waals surface area contributed by atoms with Crippen molar-refractivity contribution in [2.24, 2.45) is 5.41 Å². The summed E-state index contributed by atoms with van der Waals surface area (Å²) in [7, 11) is -3.96. The molecule has 0 saturated carbocycles. The van der Waals surface area contributed by atoms with Crippen LogP contribution in [0.2, 0.25) is 5.02 Å². The standard InChI is InChI=1S/C21H28ClN2O9PS/c1-14(25)35-10-9-23-17(26)7-8-24-19(27)18-21(2,3)12-31-34(29,33-18)32-13-30-20(28)15-5-4-6-16(22)11-15/h4-6,11,18,29H,7-10,12-13H2,1-3H3,(H-,23,24,26,27)/p+1/t18-,34?/m0/s1. The smallest absolute Gasteiger partial charge is 0.430 e. The highest BCUT2D eigenvalue weighted by Gasteiger charge is 2.59. The lowest BCUT2D eigenvalue weighted by Gasteiger charge is -2.36. The average Bonchev–Trinajstić information content (AvgIpc) is 2.78. The summed E-state index contributed by atoms with van der Waals surface area (Å²) < 4.78 is 20.9. The number of hydrogen-bond acceptors (Lipinski definition) is 10. The van der Waals surface area contributed by atoms with E-state index in [2.05, 4.69) is 10.6 Å². The van der Waals surface area contributed by atoms with E-state index in [0.29, 0.717) is 17.3 Å². The van der Waals surface area contributed by atoms with E-state index in [0.717, 1.165) is 11.8 Å². The van der Waals surface area contributed by atoms with Crippen molar-refractivity contribution in [2.75, 3.05) is 32.2 Å². The SMILES string of the molecule is CC(=O)SCCNC(=O)CCNC(=O)[C@@H]1O[P+](O)(OCOC(=O)c2cccc(Cl)c2)OCC1(C)C. The molecule has 1 unspecified atom stereocenters. The Morgan fingerprint density at radius 3 is 2.69 bits per heavy atom. The van der Waals surface area contributed by atoms with Crippen LogP contribution < -0.4 is 10.6 Å². The minimum Gasteiger partial charge on any atom is -0.430 e. The first-order valence-electron chi connectivity index (χ1n) is 10.6. The molecule has 11 nitrogen and oxygen atoms in total. The number of halogens is 1. The largest absolute Gasteiger partial charge is 0.576 e. The lowest BCUT2D eigenvalue weighted by Crippen LogP contribution is -2.50. The Balaban J connectivity index is 1.80. The molecule has 35 heavy (non-hydrogen) atoms. The lowest BCUT2D eigenvalue weighted by atomic mass is 9.87.